The molecule has 0 aliphatic carbocycles. The molecule has 0 bridgehead atoms. The van der Waals surface area contributed by atoms with Crippen molar-refractivity contribution >= 4 is 21.8 Å². The smallest absolute Gasteiger partial charge is 0.269 e. The molecule has 1 heterocycles. The van der Waals surface area contributed by atoms with Gasteiger partial charge in [0.05, 0.1) is 11.6 Å². The highest BCUT2D eigenvalue weighted by molar-refractivity contribution is 7.90. The number of rotatable bonds is 5. The fraction of sp³-hybridized carbons (Fsp3) is 0.300. The van der Waals surface area contributed by atoms with Gasteiger partial charge >= 0.3 is 0 Å². The number of carbonyl (C=O) groups excluding carboxylic acids is 2. The highest BCUT2D eigenvalue weighted by atomic mass is 32.2. The van der Waals surface area contributed by atoms with Crippen LogP contribution in [-0.4, -0.2) is 31.1 Å². The van der Waals surface area contributed by atoms with Crippen molar-refractivity contribution in [3.63, 3.8) is 0 Å². The number of aryl methyl sites for hydroxylation is 2. The molecular formula is C20H22N2O4S. The van der Waals surface area contributed by atoms with E-state index in [1.165, 1.54) is 12.1 Å². The average Bonchev–Trinajstić information content (AvgIpc) is 2.83. The molecule has 0 saturated carbocycles. The molecule has 0 spiro atoms. The molecule has 142 valence electrons. The van der Waals surface area contributed by atoms with Gasteiger partial charge in [-0.25, -0.2) is 12.7 Å². The largest absolute Gasteiger partial charge is 0.348 e. The van der Waals surface area contributed by atoms with Gasteiger partial charge in [0, 0.05) is 0 Å². The van der Waals surface area contributed by atoms with E-state index >= 15 is 0 Å². The highest BCUT2D eigenvalue weighted by Crippen LogP contribution is 2.29. The van der Waals surface area contributed by atoms with Crippen LogP contribution in [0, 0.1) is 13.8 Å². The van der Waals surface area contributed by atoms with Crippen LogP contribution < -0.4 is 5.32 Å². The maximum atomic E-state index is 12.6. The predicted octanol–water partition coefficient (Wildman–Crippen LogP) is 2.72. The lowest BCUT2D eigenvalue weighted by Gasteiger charge is -2.21. The average molecular weight is 386 g/mol. The number of carbonyl (C=O) groups is 2. The summed E-state index contributed by atoms with van der Waals surface area (Å²) >= 11 is 0. The molecule has 0 unspecified atom stereocenters. The van der Waals surface area contributed by atoms with E-state index in [0.29, 0.717) is 10.7 Å². The second kappa shape index (κ2) is 7.15. The molecule has 7 heteroatoms. The van der Waals surface area contributed by atoms with Gasteiger partial charge in [-0.05, 0) is 49.1 Å². The number of hydrogen-bond acceptors (Lipinski definition) is 4. The zero-order chi connectivity index (χ0) is 19.8. The van der Waals surface area contributed by atoms with Crippen LogP contribution in [0.3, 0.4) is 0 Å². The summed E-state index contributed by atoms with van der Waals surface area (Å²) in [6.07, 6.45) is 0.648. The first kappa shape index (κ1) is 19.1. The number of nitrogens with one attached hydrogen (secondary N) is 1. The minimum atomic E-state index is -3.99. The van der Waals surface area contributed by atoms with E-state index < -0.39 is 28.4 Å². The van der Waals surface area contributed by atoms with Gasteiger partial charge in [0.25, 0.3) is 15.9 Å². The molecule has 2 aromatic carbocycles. The van der Waals surface area contributed by atoms with Crippen molar-refractivity contribution in [3.8, 4) is 0 Å². The van der Waals surface area contributed by atoms with E-state index in [-0.39, 0.29) is 16.5 Å². The Morgan fingerprint density at radius 2 is 1.81 bits per heavy atom. The SMILES string of the molecule is CC[C@@H](NC(=O)CN1C(=O)c2ccccc2S1(=O)=O)c1ccc(C)c(C)c1. The maximum Gasteiger partial charge on any atom is 0.269 e. The van der Waals surface area contributed by atoms with Crippen molar-refractivity contribution < 1.29 is 18.0 Å². The number of nitrogens with zero attached hydrogens (tertiary/aromatic N) is 1. The number of sulfonamides is 1. The van der Waals surface area contributed by atoms with Crippen LogP contribution in [-0.2, 0) is 14.8 Å². The van der Waals surface area contributed by atoms with Crippen LogP contribution >= 0.6 is 0 Å². The molecule has 3 rings (SSSR count). The fourth-order valence-corrected chi connectivity index (χ4v) is 4.69. The summed E-state index contributed by atoms with van der Waals surface area (Å²) in [5, 5.41) is 2.84. The zero-order valence-electron chi connectivity index (χ0n) is 15.5. The molecule has 0 radical (unpaired) electrons. The molecule has 1 atom stereocenters. The molecule has 2 amide bonds. The molecule has 2 aromatic rings. The second-order valence-electron chi connectivity index (χ2n) is 6.69. The molecule has 1 aliphatic heterocycles. The lowest BCUT2D eigenvalue weighted by atomic mass is 9.99. The summed E-state index contributed by atoms with van der Waals surface area (Å²) in [5.41, 5.74) is 3.33. The third-order valence-corrected chi connectivity index (χ3v) is 6.66. The van der Waals surface area contributed by atoms with E-state index in [4.69, 9.17) is 0 Å². The number of benzene rings is 2. The minimum Gasteiger partial charge on any atom is -0.348 e. The second-order valence-corrected chi connectivity index (χ2v) is 8.52. The van der Waals surface area contributed by atoms with E-state index in [0.717, 1.165) is 16.7 Å². The van der Waals surface area contributed by atoms with E-state index in [1.807, 2.05) is 39.0 Å². The van der Waals surface area contributed by atoms with Crippen LogP contribution in [0.1, 0.15) is 46.4 Å². The predicted molar refractivity (Wildman–Crippen MR) is 102 cm³/mol. The van der Waals surface area contributed by atoms with Gasteiger partial charge in [0.1, 0.15) is 11.4 Å². The fourth-order valence-electron chi connectivity index (χ4n) is 3.16. The van der Waals surface area contributed by atoms with E-state index in [1.54, 1.807) is 12.1 Å². The third-order valence-electron chi connectivity index (χ3n) is 4.88. The van der Waals surface area contributed by atoms with Crippen molar-refractivity contribution in [2.75, 3.05) is 6.54 Å². The Bertz CT molecular complexity index is 1010. The van der Waals surface area contributed by atoms with E-state index in [9.17, 15) is 18.0 Å². The zero-order valence-corrected chi connectivity index (χ0v) is 16.3. The van der Waals surface area contributed by atoms with Gasteiger partial charge in [0.2, 0.25) is 5.91 Å². The monoisotopic (exact) mass is 386 g/mol. The Balaban J connectivity index is 1.77. The number of hydrogen-bond donors (Lipinski definition) is 1. The first-order valence-electron chi connectivity index (χ1n) is 8.78. The van der Waals surface area contributed by atoms with Crippen molar-refractivity contribution in [2.24, 2.45) is 0 Å². The Hall–Kier alpha value is -2.67. The molecule has 1 aliphatic rings. The minimum absolute atomic E-state index is 0.0519. The first-order valence-corrected chi connectivity index (χ1v) is 10.2. The topological polar surface area (TPSA) is 83.6 Å². The van der Waals surface area contributed by atoms with Crippen LogP contribution in [0.2, 0.25) is 0 Å². The Morgan fingerprint density at radius 3 is 2.44 bits per heavy atom. The summed E-state index contributed by atoms with van der Waals surface area (Å²) in [7, 11) is -3.99. The summed E-state index contributed by atoms with van der Waals surface area (Å²) in [4.78, 5) is 24.9. The van der Waals surface area contributed by atoms with Crippen LogP contribution in [0.15, 0.2) is 47.4 Å². The Labute approximate surface area is 159 Å². The van der Waals surface area contributed by atoms with Gasteiger partial charge in [0.15, 0.2) is 0 Å². The molecule has 0 aromatic heterocycles. The summed E-state index contributed by atoms with van der Waals surface area (Å²) < 4.78 is 25.8. The number of fused-ring (bicyclic) bond motifs is 1. The van der Waals surface area contributed by atoms with Crippen molar-refractivity contribution in [3.05, 3.63) is 64.7 Å². The Kier molecular flexibility index (Phi) is 5.06. The first-order chi connectivity index (χ1) is 12.8. The molecule has 0 saturated heterocycles. The van der Waals surface area contributed by atoms with Gasteiger partial charge in [-0.3, -0.25) is 9.59 Å². The molecule has 1 N–H and O–H groups in total. The summed E-state index contributed by atoms with van der Waals surface area (Å²) in [5.74, 6) is -1.18. The number of amides is 2. The highest BCUT2D eigenvalue weighted by Gasteiger charge is 2.41. The van der Waals surface area contributed by atoms with Crippen LogP contribution in [0.25, 0.3) is 0 Å². The lowest BCUT2D eigenvalue weighted by molar-refractivity contribution is -0.121. The summed E-state index contributed by atoms with van der Waals surface area (Å²) in [6, 6.07) is 11.7. The normalized spacial score (nSPS) is 16.1. The molecule has 0 fully saturated rings. The van der Waals surface area contributed by atoms with Crippen molar-refractivity contribution in [2.45, 2.75) is 38.1 Å². The van der Waals surface area contributed by atoms with Gasteiger partial charge in [-0.2, -0.15) is 0 Å². The van der Waals surface area contributed by atoms with Gasteiger partial charge < -0.3 is 5.32 Å². The van der Waals surface area contributed by atoms with Gasteiger partial charge in [-0.15, -0.1) is 0 Å². The molecule has 27 heavy (non-hydrogen) atoms. The quantitative estimate of drug-likeness (QED) is 0.856. The third kappa shape index (κ3) is 3.47. The lowest BCUT2D eigenvalue weighted by Crippen LogP contribution is -2.41. The molecular weight excluding hydrogens is 364 g/mol. The Morgan fingerprint density at radius 1 is 1.11 bits per heavy atom. The summed E-state index contributed by atoms with van der Waals surface area (Å²) in [6.45, 7) is 5.42. The van der Waals surface area contributed by atoms with Crippen molar-refractivity contribution in [1.29, 1.82) is 0 Å². The molecule has 6 nitrogen and oxygen atoms in total. The van der Waals surface area contributed by atoms with Crippen LogP contribution in [0.5, 0.6) is 0 Å². The van der Waals surface area contributed by atoms with Gasteiger partial charge in [-0.1, -0.05) is 37.3 Å². The maximum absolute atomic E-state index is 12.6. The standard InChI is InChI=1S/C20H22N2O4S/c1-4-17(15-10-9-13(2)14(3)11-15)21-19(23)12-22-20(24)16-7-5-6-8-18(16)27(22,25)26/h5-11,17H,4,12H2,1-3H3,(H,21,23)/t17-/m1/s1. The van der Waals surface area contributed by atoms with Crippen LogP contribution in [0.4, 0.5) is 0 Å². The van der Waals surface area contributed by atoms with Crippen molar-refractivity contribution in [1.82, 2.24) is 9.62 Å². The van der Waals surface area contributed by atoms with E-state index in [2.05, 4.69) is 5.32 Å².